The molecule has 0 saturated heterocycles. The normalized spacial score (nSPS) is 12.4. The number of methoxy groups -OCH3 is 1. The van der Waals surface area contributed by atoms with Crippen LogP contribution in [0.4, 0.5) is 0 Å². The Hall–Kier alpha value is -1.46. The number of aliphatic hydroxyl groups is 1. The van der Waals surface area contributed by atoms with Crippen LogP contribution in [0, 0.1) is 6.92 Å². The molecule has 2 aromatic rings. The van der Waals surface area contributed by atoms with Crippen LogP contribution in [0.1, 0.15) is 17.4 Å². The highest BCUT2D eigenvalue weighted by atomic mass is 32.2. The second-order valence-corrected chi connectivity index (χ2v) is 5.39. The largest absolute Gasteiger partial charge is 0.497 e. The first-order chi connectivity index (χ1) is 9.10. The molecule has 0 spiro atoms. The molecule has 19 heavy (non-hydrogen) atoms. The zero-order valence-corrected chi connectivity index (χ0v) is 12.1. The number of thioether (sulfide) groups is 1. The second kappa shape index (κ2) is 6.12. The molecular formula is C14H18N2O2S. The smallest absolute Gasteiger partial charge is 0.119 e. The third-order valence-electron chi connectivity index (χ3n) is 2.83. The second-order valence-electron chi connectivity index (χ2n) is 4.35. The fraction of sp³-hybridized carbons (Fsp3) is 0.357. The van der Waals surface area contributed by atoms with Crippen molar-refractivity contribution < 1.29 is 9.84 Å². The van der Waals surface area contributed by atoms with Crippen LogP contribution in [0.15, 0.2) is 35.4 Å². The lowest BCUT2D eigenvalue weighted by molar-refractivity contribution is 0.203. The Kier molecular flexibility index (Phi) is 4.50. The number of benzene rings is 1. The van der Waals surface area contributed by atoms with Gasteiger partial charge in [0.15, 0.2) is 0 Å². The minimum Gasteiger partial charge on any atom is -0.497 e. The van der Waals surface area contributed by atoms with E-state index in [9.17, 15) is 5.11 Å². The molecule has 5 heteroatoms. The van der Waals surface area contributed by atoms with Gasteiger partial charge in [-0.15, -0.1) is 11.8 Å². The highest BCUT2D eigenvalue weighted by Crippen LogP contribution is 2.26. The van der Waals surface area contributed by atoms with Gasteiger partial charge in [-0.2, -0.15) is 5.10 Å². The number of ether oxygens (including phenoxy) is 1. The van der Waals surface area contributed by atoms with E-state index in [0.717, 1.165) is 22.0 Å². The number of hydrogen-bond acceptors (Lipinski definition) is 4. The summed E-state index contributed by atoms with van der Waals surface area (Å²) in [5.74, 6) is 1.35. The molecule has 2 rings (SSSR count). The number of aromatic nitrogens is 2. The SMILES string of the molecule is COc1cccc(C(O)CSc2cc(C)nn2C)c1. The molecule has 0 bridgehead atoms. The summed E-state index contributed by atoms with van der Waals surface area (Å²) < 4.78 is 6.99. The lowest BCUT2D eigenvalue weighted by Crippen LogP contribution is -2.02. The van der Waals surface area contributed by atoms with E-state index in [-0.39, 0.29) is 0 Å². The van der Waals surface area contributed by atoms with Crippen LogP contribution in [0.2, 0.25) is 0 Å². The third kappa shape index (κ3) is 3.52. The maximum Gasteiger partial charge on any atom is 0.119 e. The van der Waals surface area contributed by atoms with Gasteiger partial charge in [-0.1, -0.05) is 12.1 Å². The van der Waals surface area contributed by atoms with E-state index in [4.69, 9.17) is 4.74 Å². The summed E-state index contributed by atoms with van der Waals surface area (Å²) in [7, 11) is 3.53. The highest BCUT2D eigenvalue weighted by molar-refractivity contribution is 7.99. The lowest BCUT2D eigenvalue weighted by atomic mass is 10.1. The van der Waals surface area contributed by atoms with E-state index in [1.807, 2.05) is 49.0 Å². The van der Waals surface area contributed by atoms with Gasteiger partial charge in [0.05, 0.1) is 23.9 Å². The van der Waals surface area contributed by atoms with Crippen LogP contribution in [0.3, 0.4) is 0 Å². The Balaban J connectivity index is 2.00. The molecule has 0 aliphatic heterocycles. The van der Waals surface area contributed by atoms with Crippen LogP contribution in [-0.4, -0.2) is 27.7 Å². The summed E-state index contributed by atoms with van der Waals surface area (Å²) in [4.78, 5) is 0. The van der Waals surface area contributed by atoms with Gasteiger partial charge >= 0.3 is 0 Å². The predicted molar refractivity (Wildman–Crippen MR) is 76.6 cm³/mol. The van der Waals surface area contributed by atoms with Crippen molar-refractivity contribution >= 4 is 11.8 Å². The first-order valence-corrected chi connectivity index (χ1v) is 7.04. The van der Waals surface area contributed by atoms with E-state index >= 15 is 0 Å². The van der Waals surface area contributed by atoms with Crippen LogP contribution in [0.25, 0.3) is 0 Å². The number of nitrogens with zero attached hydrogens (tertiary/aromatic N) is 2. The molecule has 102 valence electrons. The molecule has 1 aromatic carbocycles. The average molecular weight is 278 g/mol. The van der Waals surface area contributed by atoms with Crippen LogP contribution in [-0.2, 0) is 7.05 Å². The molecule has 1 N–H and O–H groups in total. The minimum absolute atomic E-state index is 0.518. The van der Waals surface area contributed by atoms with Crippen molar-refractivity contribution in [3.05, 3.63) is 41.6 Å². The molecule has 0 aliphatic rings. The number of rotatable bonds is 5. The minimum atomic E-state index is -0.518. The fourth-order valence-corrected chi connectivity index (χ4v) is 2.83. The van der Waals surface area contributed by atoms with Gasteiger partial charge in [-0.3, -0.25) is 4.68 Å². The van der Waals surface area contributed by atoms with Crippen molar-refractivity contribution in [2.45, 2.75) is 18.1 Å². The van der Waals surface area contributed by atoms with Crippen molar-refractivity contribution in [3.8, 4) is 5.75 Å². The maximum atomic E-state index is 10.2. The molecule has 1 heterocycles. The van der Waals surface area contributed by atoms with Crippen LogP contribution < -0.4 is 4.74 Å². The van der Waals surface area contributed by atoms with Gasteiger partial charge in [0, 0.05) is 12.8 Å². The Bertz CT molecular complexity index is 554. The van der Waals surface area contributed by atoms with Gasteiger partial charge in [0.2, 0.25) is 0 Å². The Labute approximate surface area is 117 Å². The van der Waals surface area contributed by atoms with E-state index in [1.54, 1.807) is 18.9 Å². The summed E-state index contributed by atoms with van der Waals surface area (Å²) in [6.45, 7) is 1.96. The van der Waals surface area contributed by atoms with Crippen LogP contribution >= 0.6 is 11.8 Å². The van der Waals surface area contributed by atoms with E-state index < -0.39 is 6.10 Å². The summed E-state index contributed by atoms with van der Waals surface area (Å²) in [6, 6.07) is 9.54. The highest BCUT2D eigenvalue weighted by Gasteiger charge is 2.11. The predicted octanol–water partition coefficient (Wildman–Crippen LogP) is 2.56. The number of aryl methyl sites for hydroxylation is 2. The topological polar surface area (TPSA) is 47.3 Å². The van der Waals surface area contributed by atoms with E-state index in [2.05, 4.69) is 5.10 Å². The standard InChI is InChI=1S/C14H18N2O2S/c1-10-7-14(16(2)15-10)19-9-13(17)11-5-4-6-12(8-11)18-3/h4-8,13,17H,9H2,1-3H3. The van der Waals surface area contributed by atoms with Gasteiger partial charge in [0.1, 0.15) is 5.75 Å². The molecule has 1 aromatic heterocycles. The van der Waals surface area contributed by atoms with Crippen molar-refractivity contribution in [1.82, 2.24) is 9.78 Å². The van der Waals surface area contributed by atoms with Crippen molar-refractivity contribution in [1.29, 1.82) is 0 Å². The zero-order chi connectivity index (χ0) is 13.8. The molecule has 0 radical (unpaired) electrons. The number of hydrogen-bond donors (Lipinski definition) is 1. The molecule has 0 amide bonds. The fourth-order valence-electron chi connectivity index (χ4n) is 1.83. The summed E-state index contributed by atoms with van der Waals surface area (Å²) in [5, 5.41) is 15.5. The third-order valence-corrected chi connectivity index (χ3v) is 3.99. The monoisotopic (exact) mass is 278 g/mol. The molecular weight excluding hydrogens is 260 g/mol. The first kappa shape index (κ1) is 14.0. The quantitative estimate of drug-likeness (QED) is 0.854. The van der Waals surface area contributed by atoms with E-state index in [0.29, 0.717) is 5.75 Å². The van der Waals surface area contributed by atoms with Crippen molar-refractivity contribution in [2.75, 3.05) is 12.9 Å². The Morgan fingerprint density at radius 1 is 1.42 bits per heavy atom. The lowest BCUT2D eigenvalue weighted by Gasteiger charge is -2.11. The van der Waals surface area contributed by atoms with Crippen molar-refractivity contribution in [2.24, 2.45) is 7.05 Å². The molecule has 0 aliphatic carbocycles. The Morgan fingerprint density at radius 2 is 2.21 bits per heavy atom. The Morgan fingerprint density at radius 3 is 2.84 bits per heavy atom. The van der Waals surface area contributed by atoms with Gasteiger partial charge in [-0.05, 0) is 30.7 Å². The van der Waals surface area contributed by atoms with E-state index in [1.165, 1.54) is 0 Å². The molecule has 0 fully saturated rings. The summed E-state index contributed by atoms with van der Waals surface area (Å²) in [6.07, 6.45) is -0.518. The molecule has 4 nitrogen and oxygen atoms in total. The van der Waals surface area contributed by atoms with Crippen LogP contribution in [0.5, 0.6) is 5.75 Å². The molecule has 1 unspecified atom stereocenters. The summed E-state index contributed by atoms with van der Waals surface area (Å²) >= 11 is 1.59. The van der Waals surface area contributed by atoms with Gasteiger partial charge < -0.3 is 9.84 Å². The maximum absolute atomic E-state index is 10.2. The van der Waals surface area contributed by atoms with Crippen molar-refractivity contribution in [3.63, 3.8) is 0 Å². The summed E-state index contributed by atoms with van der Waals surface area (Å²) in [5.41, 5.74) is 1.85. The molecule has 0 saturated carbocycles. The zero-order valence-electron chi connectivity index (χ0n) is 11.3. The van der Waals surface area contributed by atoms with Gasteiger partial charge in [0.25, 0.3) is 0 Å². The first-order valence-electron chi connectivity index (χ1n) is 6.05. The molecule has 1 atom stereocenters. The average Bonchev–Trinajstić information content (AvgIpc) is 2.74. The van der Waals surface area contributed by atoms with Gasteiger partial charge in [-0.25, -0.2) is 0 Å². The number of aliphatic hydroxyl groups excluding tert-OH is 1.